The molecule has 0 saturated heterocycles. The van der Waals surface area contributed by atoms with Crippen LogP contribution in [0.15, 0.2) is 30.5 Å². The molecule has 0 fully saturated rings. The van der Waals surface area contributed by atoms with Gasteiger partial charge in [0.15, 0.2) is 0 Å². The molecule has 1 aromatic heterocycles. The van der Waals surface area contributed by atoms with E-state index in [2.05, 4.69) is 31.0 Å². The molecule has 3 nitrogen and oxygen atoms in total. The van der Waals surface area contributed by atoms with Gasteiger partial charge in [0, 0.05) is 11.1 Å². The largest absolute Gasteiger partial charge is 0.388 e. The summed E-state index contributed by atoms with van der Waals surface area (Å²) in [7, 11) is 0. The second kappa shape index (κ2) is 5.75. The van der Waals surface area contributed by atoms with Crippen LogP contribution in [0.4, 0.5) is 4.39 Å². The lowest BCUT2D eigenvalue weighted by Gasteiger charge is -2.20. The summed E-state index contributed by atoms with van der Waals surface area (Å²) in [4.78, 5) is 0. The molecule has 2 aromatic rings. The highest BCUT2D eigenvalue weighted by Gasteiger charge is 2.19. The standard InChI is InChI=1S/C16H21FN2O/c1-16(2,3)9-8-14(20)13-10-18-19-15(13)11-4-6-12(17)7-5-11/h4-7,10,14,20H,8-9H2,1-3H3,(H,18,19). The first-order valence-electron chi connectivity index (χ1n) is 6.84. The van der Waals surface area contributed by atoms with Crippen molar-refractivity contribution in [1.29, 1.82) is 0 Å². The molecule has 20 heavy (non-hydrogen) atoms. The molecule has 1 unspecified atom stereocenters. The second-order valence-electron chi connectivity index (χ2n) is 6.32. The predicted molar refractivity (Wildman–Crippen MR) is 77.6 cm³/mol. The van der Waals surface area contributed by atoms with Gasteiger partial charge in [-0.3, -0.25) is 5.10 Å². The quantitative estimate of drug-likeness (QED) is 0.884. The number of benzene rings is 1. The van der Waals surface area contributed by atoms with E-state index in [4.69, 9.17) is 0 Å². The van der Waals surface area contributed by atoms with Gasteiger partial charge in [0.1, 0.15) is 5.82 Å². The molecule has 0 radical (unpaired) electrons. The van der Waals surface area contributed by atoms with E-state index in [1.165, 1.54) is 12.1 Å². The first-order chi connectivity index (χ1) is 9.37. The number of aliphatic hydroxyl groups excluding tert-OH is 1. The van der Waals surface area contributed by atoms with E-state index in [0.29, 0.717) is 6.42 Å². The van der Waals surface area contributed by atoms with Crippen LogP contribution in [0.25, 0.3) is 11.3 Å². The Kier molecular flexibility index (Phi) is 4.23. The Morgan fingerprint density at radius 3 is 2.50 bits per heavy atom. The van der Waals surface area contributed by atoms with Crippen molar-refractivity contribution in [2.75, 3.05) is 0 Å². The first kappa shape index (κ1) is 14.7. The molecular weight excluding hydrogens is 255 g/mol. The summed E-state index contributed by atoms with van der Waals surface area (Å²) in [6.07, 6.45) is 2.68. The fourth-order valence-electron chi connectivity index (χ4n) is 2.12. The number of aromatic nitrogens is 2. The van der Waals surface area contributed by atoms with Crippen LogP contribution in [0.5, 0.6) is 0 Å². The van der Waals surface area contributed by atoms with E-state index in [1.807, 2.05) is 0 Å². The molecule has 2 rings (SSSR count). The summed E-state index contributed by atoms with van der Waals surface area (Å²) in [5.74, 6) is -0.275. The SMILES string of the molecule is CC(C)(C)CCC(O)c1cn[nH]c1-c1ccc(F)cc1. The van der Waals surface area contributed by atoms with Gasteiger partial charge in [-0.1, -0.05) is 20.8 Å². The van der Waals surface area contributed by atoms with Gasteiger partial charge in [0.2, 0.25) is 0 Å². The number of H-pyrrole nitrogens is 1. The first-order valence-corrected chi connectivity index (χ1v) is 6.84. The lowest BCUT2D eigenvalue weighted by atomic mass is 9.88. The van der Waals surface area contributed by atoms with Gasteiger partial charge < -0.3 is 5.11 Å². The zero-order valence-electron chi connectivity index (χ0n) is 12.2. The molecule has 0 aliphatic carbocycles. The van der Waals surface area contributed by atoms with E-state index in [1.54, 1.807) is 18.3 Å². The fourth-order valence-corrected chi connectivity index (χ4v) is 2.12. The van der Waals surface area contributed by atoms with E-state index in [-0.39, 0.29) is 11.2 Å². The van der Waals surface area contributed by atoms with Crippen molar-refractivity contribution in [3.8, 4) is 11.3 Å². The number of hydrogen-bond donors (Lipinski definition) is 2. The lowest BCUT2D eigenvalue weighted by Crippen LogP contribution is -2.08. The molecule has 1 heterocycles. The molecule has 0 aliphatic heterocycles. The monoisotopic (exact) mass is 276 g/mol. The zero-order valence-corrected chi connectivity index (χ0v) is 12.2. The molecule has 0 bridgehead atoms. The van der Waals surface area contributed by atoms with Crippen molar-refractivity contribution in [2.45, 2.75) is 39.7 Å². The highest BCUT2D eigenvalue weighted by molar-refractivity contribution is 5.62. The van der Waals surface area contributed by atoms with Gasteiger partial charge >= 0.3 is 0 Å². The van der Waals surface area contributed by atoms with Gasteiger partial charge in [-0.05, 0) is 42.5 Å². The average molecular weight is 276 g/mol. The Morgan fingerprint density at radius 1 is 1.25 bits per heavy atom. The van der Waals surface area contributed by atoms with Crippen molar-refractivity contribution < 1.29 is 9.50 Å². The summed E-state index contributed by atoms with van der Waals surface area (Å²) < 4.78 is 13.0. The highest BCUT2D eigenvalue weighted by atomic mass is 19.1. The van der Waals surface area contributed by atoms with Gasteiger partial charge in [-0.25, -0.2) is 4.39 Å². The Balaban J connectivity index is 2.18. The minimum absolute atomic E-state index is 0.181. The van der Waals surface area contributed by atoms with E-state index < -0.39 is 6.10 Å². The number of rotatable bonds is 4. The maximum atomic E-state index is 13.0. The van der Waals surface area contributed by atoms with E-state index in [9.17, 15) is 9.50 Å². The van der Waals surface area contributed by atoms with Crippen LogP contribution in [-0.4, -0.2) is 15.3 Å². The normalized spacial score (nSPS) is 13.4. The number of aliphatic hydroxyl groups is 1. The molecule has 2 N–H and O–H groups in total. The third-order valence-corrected chi connectivity index (χ3v) is 3.33. The van der Waals surface area contributed by atoms with Gasteiger partial charge in [0.05, 0.1) is 18.0 Å². The van der Waals surface area contributed by atoms with Crippen LogP contribution in [0, 0.1) is 11.2 Å². The van der Waals surface area contributed by atoms with Crippen LogP contribution in [-0.2, 0) is 0 Å². The van der Waals surface area contributed by atoms with Crippen LogP contribution >= 0.6 is 0 Å². The van der Waals surface area contributed by atoms with Crippen molar-refractivity contribution >= 4 is 0 Å². The molecule has 0 amide bonds. The summed E-state index contributed by atoms with van der Waals surface area (Å²) in [5.41, 5.74) is 2.53. The number of nitrogens with one attached hydrogen (secondary N) is 1. The summed E-state index contributed by atoms with van der Waals surface area (Å²) in [6, 6.07) is 6.18. The Bertz CT molecular complexity index is 555. The third-order valence-electron chi connectivity index (χ3n) is 3.33. The summed E-state index contributed by atoms with van der Waals surface area (Å²) >= 11 is 0. The third kappa shape index (κ3) is 3.67. The molecule has 0 saturated carbocycles. The Labute approximate surface area is 118 Å². The second-order valence-corrected chi connectivity index (χ2v) is 6.32. The van der Waals surface area contributed by atoms with Crippen LogP contribution in [0.3, 0.4) is 0 Å². The maximum absolute atomic E-state index is 13.0. The Morgan fingerprint density at radius 2 is 1.90 bits per heavy atom. The average Bonchev–Trinajstić information content (AvgIpc) is 2.85. The summed E-state index contributed by atoms with van der Waals surface area (Å²) in [6.45, 7) is 6.45. The van der Waals surface area contributed by atoms with Crippen LogP contribution < -0.4 is 0 Å². The van der Waals surface area contributed by atoms with Crippen molar-refractivity contribution in [2.24, 2.45) is 5.41 Å². The zero-order chi connectivity index (χ0) is 14.8. The predicted octanol–water partition coefficient (Wildman–Crippen LogP) is 4.08. The van der Waals surface area contributed by atoms with Gasteiger partial charge in [-0.2, -0.15) is 5.10 Å². The molecule has 1 atom stereocenters. The van der Waals surface area contributed by atoms with Crippen molar-refractivity contribution in [3.63, 3.8) is 0 Å². The molecule has 0 spiro atoms. The fraction of sp³-hybridized carbons (Fsp3) is 0.438. The van der Waals surface area contributed by atoms with Gasteiger partial charge in [0.25, 0.3) is 0 Å². The Hall–Kier alpha value is -1.68. The van der Waals surface area contributed by atoms with E-state index in [0.717, 1.165) is 23.2 Å². The van der Waals surface area contributed by atoms with Crippen molar-refractivity contribution in [3.05, 3.63) is 41.8 Å². The molecular formula is C16H21FN2O. The van der Waals surface area contributed by atoms with Gasteiger partial charge in [-0.15, -0.1) is 0 Å². The minimum Gasteiger partial charge on any atom is -0.388 e. The highest BCUT2D eigenvalue weighted by Crippen LogP contribution is 2.31. The molecule has 108 valence electrons. The van der Waals surface area contributed by atoms with E-state index >= 15 is 0 Å². The smallest absolute Gasteiger partial charge is 0.123 e. The summed E-state index contributed by atoms with van der Waals surface area (Å²) in [5, 5.41) is 17.2. The maximum Gasteiger partial charge on any atom is 0.123 e. The van der Waals surface area contributed by atoms with Crippen LogP contribution in [0.2, 0.25) is 0 Å². The molecule has 1 aromatic carbocycles. The topological polar surface area (TPSA) is 48.9 Å². The number of aromatic amines is 1. The number of nitrogens with zero attached hydrogens (tertiary/aromatic N) is 1. The minimum atomic E-state index is -0.562. The number of halogens is 1. The van der Waals surface area contributed by atoms with Crippen molar-refractivity contribution in [1.82, 2.24) is 10.2 Å². The van der Waals surface area contributed by atoms with Crippen LogP contribution in [0.1, 0.15) is 45.3 Å². The number of hydrogen-bond acceptors (Lipinski definition) is 2. The molecule has 0 aliphatic rings. The molecule has 4 heteroatoms. The lowest BCUT2D eigenvalue weighted by molar-refractivity contribution is 0.148.